The number of carbonyl (C=O) groups is 1. The highest BCUT2D eigenvalue weighted by atomic mass is 32.2. The predicted molar refractivity (Wildman–Crippen MR) is 127 cm³/mol. The molecule has 1 aliphatic rings. The Morgan fingerprint density at radius 3 is 1.97 bits per heavy atom. The highest BCUT2D eigenvalue weighted by Crippen LogP contribution is 2.24. The van der Waals surface area contributed by atoms with Crippen LogP contribution in [0.3, 0.4) is 0 Å². The Kier molecular flexibility index (Phi) is 6.83. The molecule has 5 nitrogen and oxygen atoms in total. The zero-order valence-electron chi connectivity index (χ0n) is 17.6. The first-order valence-electron chi connectivity index (χ1n) is 10.7. The molecule has 0 unspecified atom stereocenters. The average Bonchev–Trinajstić information content (AvgIpc) is 3.63. The molecule has 0 heterocycles. The Balaban J connectivity index is 1.38. The summed E-state index contributed by atoms with van der Waals surface area (Å²) in [5, 5.41) is 2.98. The van der Waals surface area contributed by atoms with Crippen LogP contribution in [-0.2, 0) is 14.8 Å². The van der Waals surface area contributed by atoms with Crippen LogP contribution in [0.1, 0.15) is 35.4 Å². The summed E-state index contributed by atoms with van der Waals surface area (Å²) in [6.45, 7) is 0.473. The van der Waals surface area contributed by atoms with Gasteiger partial charge < -0.3 is 5.32 Å². The van der Waals surface area contributed by atoms with E-state index < -0.39 is 10.0 Å². The molecule has 0 saturated heterocycles. The van der Waals surface area contributed by atoms with Crippen molar-refractivity contribution in [2.45, 2.75) is 29.7 Å². The third kappa shape index (κ3) is 5.93. The summed E-state index contributed by atoms with van der Waals surface area (Å²) in [7, 11) is -3.47. The molecule has 0 spiro atoms. The lowest BCUT2D eigenvalue weighted by Gasteiger charge is -2.18. The molecular weight excluding hydrogens is 420 g/mol. The molecule has 4 rings (SSSR count). The molecule has 1 saturated carbocycles. The van der Waals surface area contributed by atoms with Crippen LogP contribution in [0.5, 0.6) is 0 Å². The molecule has 0 radical (unpaired) electrons. The van der Waals surface area contributed by atoms with Gasteiger partial charge in [-0.25, -0.2) is 13.1 Å². The molecule has 1 amide bonds. The lowest BCUT2D eigenvalue weighted by Crippen LogP contribution is -2.27. The minimum absolute atomic E-state index is 0.0539. The maximum atomic E-state index is 12.4. The lowest BCUT2D eigenvalue weighted by atomic mass is 9.91. The van der Waals surface area contributed by atoms with E-state index in [9.17, 15) is 13.2 Å². The topological polar surface area (TPSA) is 75.3 Å². The molecule has 1 fully saturated rings. The van der Waals surface area contributed by atoms with Crippen LogP contribution in [0.25, 0.3) is 6.08 Å². The van der Waals surface area contributed by atoms with Gasteiger partial charge in [-0.15, -0.1) is 0 Å². The van der Waals surface area contributed by atoms with Crippen molar-refractivity contribution >= 4 is 22.0 Å². The fraction of sp³-hybridized carbons (Fsp3) is 0.192. The quantitative estimate of drug-likeness (QED) is 0.486. The van der Waals surface area contributed by atoms with Crippen LogP contribution in [0.4, 0.5) is 0 Å². The average molecular weight is 447 g/mol. The molecule has 0 aliphatic heterocycles. The molecule has 3 aromatic rings. The lowest BCUT2D eigenvalue weighted by molar-refractivity contribution is -0.116. The van der Waals surface area contributed by atoms with E-state index in [2.05, 4.69) is 34.3 Å². The van der Waals surface area contributed by atoms with Crippen molar-refractivity contribution in [2.24, 2.45) is 0 Å². The Morgan fingerprint density at radius 2 is 1.44 bits per heavy atom. The SMILES string of the molecule is O=C(/C=C/c1ccc(S(=O)(=O)NC2CC2)cc1)NCC(c1ccccc1)c1ccccc1. The highest BCUT2D eigenvalue weighted by molar-refractivity contribution is 7.89. The number of hydrogen-bond acceptors (Lipinski definition) is 3. The molecule has 164 valence electrons. The first kappa shape index (κ1) is 22.0. The van der Waals surface area contributed by atoms with Crippen LogP contribution < -0.4 is 10.0 Å². The van der Waals surface area contributed by atoms with Crippen molar-refractivity contribution in [1.29, 1.82) is 0 Å². The normalized spacial score (nSPS) is 14.0. The van der Waals surface area contributed by atoms with Crippen molar-refractivity contribution in [2.75, 3.05) is 6.54 Å². The van der Waals surface area contributed by atoms with E-state index in [0.717, 1.165) is 29.5 Å². The van der Waals surface area contributed by atoms with Gasteiger partial charge in [-0.3, -0.25) is 4.79 Å². The third-order valence-corrected chi connectivity index (χ3v) is 6.94. The highest BCUT2D eigenvalue weighted by Gasteiger charge is 2.27. The number of nitrogens with one attached hydrogen (secondary N) is 2. The van der Waals surface area contributed by atoms with E-state index in [0.29, 0.717) is 6.54 Å². The minimum Gasteiger partial charge on any atom is -0.352 e. The summed E-state index contributed by atoms with van der Waals surface area (Å²) < 4.78 is 27.2. The number of rotatable bonds is 9. The standard InChI is InChI=1S/C26H26N2O3S/c29-26(18-13-20-11-16-24(17-12-20)32(30,31)28-23-14-15-23)27-19-25(21-7-3-1-4-8-21)22-9-5-2-6-10-22/h1-13,16-18,23,25,28H,14-15,19H2,(H,27,29)/b18-13+. The van der Waals surface area contributed by atoms with Gasteiger partial charge in [0.25, 0.3) is 0 Å². The largest absolute Gasteiger partial charge is 0.352 e. The van der Waals surface area contributed by atoms with Gasteiger partial charge in [0.1, 0.15) is 0 Å². The maximum Gasteiger partial charge on any atom is 0.244 e. The van der Waals surface area contributed by atoms with Crippen LogP contribution >= 0.6 is 0 Å². The summed E-state index contributed by atoms with van der Waals surface area (Å²) >= 11 is 0. The fourth-order valence-electron chi connectivity index (χ4n) is 3.48. The Labute approximate surface area is 189 Å². The van der Waals surface area contributed by atoms with Crippen LogP contribution in [0, 0.1) is 0 Å². The summed E-state index contributed by atoms with van der Waals surface area (Å²) in [5.74, 6) is -0.146. The number of amides is 1. The van der Waals surface area contributed by atoms with Gasteiger partial charge in [0.2, 0.25) is 15.9 Å². The second kappa shape index (κ2) is 9.94. The van der Waals surface area contributed by atoms with Crippen molar-refractivity contribution < 1.29 is 13.2 Å². The van der Waals surface area contributed by atoms with Crippen molar-refractivity contribution in [3.63, 3.8) is 0 Å². The molecule has 3 aromatic carbocycles. The van der Waals surface area contributed by atoms with Crippen molar-refractivity contribution in [3.8, 4) is 0 Å². The zero-order chi connectivity index (χ0) is 22.4. The minimum atomic E-state index is -3.47. The van der Waals surface area contributed by atoms with Gasteiger partial charge in [0, 0.05) is 24.6 Å². The number of sulfonamides is 1. The third-order valence-electron chi connectivity index (χ3n) is 5.40. The molecule has 0 atom stereocenters. The summed E-state index contributed by atoms with van der Waals surface area (Å²) in [6, 6.07) is 26.8. The Bertz CT molecular complexity index is 1130. The first-order chi connectivity index (χ1) is 15.5. The molecule has 6 heteroatoms. The van der Waals surface area contributed by atoms with Crippen molar-refractivity contribution in [1.82, 2.24) is 10.0 Å². The van der Waals surface area contributed by atoms with Gasteiger partial charge in [0.15, 0.2) is 0 Å². The van der Waals surface area contributed by atoms with Crippen LogP contribution in [0.15, 0.2) is 95.9 Å². The molecular formula is C26H26N2O3S. The molecule has 0 bridgehead atoms. The second-order valence-electron chi connectivity index (χ2n) is 7.92. The van der Waals surface area contributed by atoms with E-state index in [1.54, 1.807) is 30.3 Å². The van der Waals surface area contributed by atoms with E-state index >= 15 is 0 Å². The maximum absolute atomic E-state index is 12.4. The fourth-order valence-corrected chi connectivity index (χ4v) is 4.78. The Morgan fingerprint density at radius 1 is 0.875 bits per heavy atom. The number of hydrogen-bond donors (Lipinski definition) is 2. The smallest absolute Gasteiger partial charge is 0.244 e. The summed E-state index contributed by atoms with van der Waals surface area (Å²) in [6.07, 6.45) is 4.94. The van der Waals surface area contributed by atoms with Crippen molar-refractivity contribution in [3.05, 3.63) is 108 Å². The monoisotopic (exact) mass is 446 g/mol. The molecule has 0 aromatic heterocycles. The van der Waals surface area contributed by atoms with Gasteiger partial charge >= 0.3 is 0 Å². The van der Waals surface area contributed by atoms with Crippen LogP contribution in [-0.4, -0.2) is 26.9 Å². The zero-order valence-corrected chi connectivity index (χ0v) is 18.5. The van der Waals surface area contributed by atoms with E-state index in [1.165, 1.54) is 6.08 Å². The van der Waals surface area contributed by atoms with Gasteiger partial charge in [-0.2, -0.15) is 0 Å². The van der Waals surface area contributed by atoms with E-state index in [-0.39, 0.29) is 22.8 Å². The number of carbonyl (C=O) groups excluding carboxylic acids is 1. The first-order valence-corrected chi connectivity index (χ1v) is 12.2. The molecule has 2 N–H and O–H groups in total. The van der Waals surface area contributed by atoms with Gasteiger partial charge in [0.05, 0.1) is 4.90 Å². The number of benzene rings is 3. The second-order valence-corrected chi connectivity index (χ2v) is 9.63. The predicted octanol–water partition coefficient (Wildman–Crippen LogP) is 4.09. The molecule has 1 aliphatic carbocycles. The summed E-state index contributed by atoms with van der Waals surface area (Å²) in [5.41, 5.74) is 3.03. The van der Waals surface area contributed by atoms with Gasteiger partial charge in [-0.05, 0) is 47.7 Å². The molecule has 32 heavy (non-hydrogen) atoms. The van der Waals surface area contributed by atoms with Gasteiger partial charge in [-0.1, -0.05) is 72.8 Å². The summed E-state index contributed by atoms with van der Waals surface area (Å²) in [4.78, 5) is 12.7. The van der Waals surface area contributed by atoms with Crippen LogP contribution in [0.2, 0.25) is 0 Å². The van der Waals surface area contributed by atoms with E-state index in [4.69, 9.17) is 0 Å². The Hall–Kier alpha value is -3.22. The van der Waals surface area contributed by atoms with E-state index in [1.807, 2.05) is 36.4 Å².